The summed E-state index contributed by atoms with van der Waals surface area (Å²) in [5.74, 6) is 0.739. The van der Waals surface area contributed by atoms with Crippen molar-refractivity contribution >= 4 is 5.78 Å². The SMILES string of the molecule is CCC1N(O)C2=C[N+]1(O)N2C1(C(=O)c2ccc(OC)cc2)C=CN(CCO)C=C1. The van der Waals surface area contributed by atoms with Crippen LogP contribution >= 0.6 is 0 Å². The molecule has 1 aromatic rings. The molecule has 5 rings (SSSR count). The van der Waals surface area contributed by atoms with E-state index in [-0.39, 0.29) is 12.4 Å². The second kappa shape index (κ2) is 6.89. The Kier molecular flexibility index (Phi) is 4.62. The summed E-state index contributed by atoms with van der Waals surface area (Å²) in [6, 6.07) is 6.75. The van der Waals surface area contributed by atoms with Crippen LogP contribution in [0.2, 0.25) is 0 Å². The number of hydroxylamine groups is 4. The molecule has 4 heterocycles. The molecule has 1 fully saturated rings. The van der Waals surface area contributed by atoms with Gasteiger partial charge in [-0.1, -0.05) is 6.92 Å². The fourth-order valence-corrected chi connectivity index (χ4v) is 4.13. The van der Waals surface area contributed by atoms with Crippen molar-refractivity contribution in [2.45, 2.75) is 25.0 Å². The van der Waals surface area contributed by atoms with Gasteiger partial charge in [0.1, 0.15) is 5.75 Å². The van der Waals surface area contributed by atoms with E-state index in [2.05, 4.69) is 0 Å². The van der Waals surface area contributed by atoms with Crippen LogP contribution in [0.5, 0.6) is 5.75 Å². The van der Waals surface area contributed by atoms with Gasteiger partial charge in [-0.15, -0.1) is 5.01 Å². The lowest BCUT2D eigenvalue weighted by molar-refractivity contribution is -1.17. The van der Waals surface area contributed by atoms with Crippen LogP contribution in [-0.2, 0) is 0 Å². The Morgan fingerprint density at radius 2 is 1.90 bits per heavy atom. The van der Waals surface area contributed by atoms with Gasteiger partial charge in [-0.05, 0) is 41.2 Å². The van der Waals surface area contributed by atoms with E-state index in [1.807, 2.05) is 6.92 Å². The molecule has 0 amide bonds. The Morgan fingerprint density at radius 3 is 2.41 bits per heavy atom. The van der Waals surface area contributed by atoms with E-state index in [4.69, 9.17) is 4.74 Å². The molecule has 3 N–H and O–H groups in total. The number of β-amino-alcohol motifs (C(OH)–C–C–N with tert-alkyl or cyclic N) is 1. The van der Waals surface area contributed by atoms with E-state index in [0.29, 0.717) is 30.1 Å². The van der Waals surface area contributed by atoms with Crippen molar-refractivity contribution in [3.63, 3.8) is 0 Å². The highest BCUT2D eigenvalue weighted by molar-refractivity contribution is 6.06. The molecule has 0 aliphatic carbocycles. The van der Waals surface area contributed by atoms with Crippen molar-refractivity contribution in [1.29, 1.82) is 0 Å². The highest BCUT2D eigenvalue weighted by Gasteiger charge is 2.71. The zero-order valence-corrected chi connectivity index (χ0v) is 16.3. The molecule has 9 heteroatoms. The zero-order chi connectivity index (χ0) is 20.8. The average Bonchev–Trinajstić information content (AvgIpc) is 3.11. The van der Waals surface area contributed by atoms with Gasteiger partial charge < -0.3 is 14.7 Å². The number of aliphatic hydroxyl groups is 1. The van der Waals surface area contributed by atoms with Gasteiger partial charge in [0.25, 0.3) is 0 Å². The monoisotopic (exact) mass is 401 g/mol. The van der Waals surface area contributed by atoms with E-state index in [1.165, 1.54) is 11.2 Å². The van der Waals surface area contributed by atoms with Crippen LogP contribution in [0.3, 0.4) is 0 Å². The lowest BCUT2D eigenvalue weighted by Crippen LogP contribution is -2.68. The molecule has 0 radical (unpaired) electrons. The number of hydrogen-bond acceptors (Lipinski definition) is 8. The van der Waals surface area contributed by atoms with Gasteiger partial charge in [0.2, 0.25) is 24.0 Å². The van der Waals surface area contributed by atoms with E-state index < -0.39 is 16.5 Å². The van der Waals surface area contributed by atoms with Crippen molar-refractivity contribution in [2.75, 3.05) is 20.3 Å². The summed E-state index contributed by atoms with van der Waals surface area (Å²) in [6.07, 6.45) is 8.12. The standard InChI is InChI=1S/C20H25N4O5/c1-3-18-22(27)17-14-24(18,28)23(17)20(8-10-21(11-9-20)12-13-25)19(26)15-4-6-16(29-2)7-5-15/h4-11,14,18,25,27-28H,3,12-13H2,1-2H3/q+1. The fourth-order valence-electron chi connectivity index (χ4n) is 4.13. The predicted octanol–water partition coefficient (Wildman–Crippen LogP) is 1.63. The third-order valence-electron chi connectivity index (χ3n) is 5.63. The number of rotatable bonds is 7. The van der Waals surface area contributed by atoms with Crippen molar-refractivity contribution in [3.05, 3.63) is 66.4 Å². The van der Waals surface area contributed by atoms with Crippen molar-refractivity contribution in [1.82, 2.24) is 15.0 Å². The number of ketones is 1. The molecule has 2 atom stereocenters. The lowest BCUT2D eigenvalue weighted by Gasteiger charge is -2.47. The number of aliphatic hydroxyl groups excluding tert-OH is 1. The Labute approximate surface area is 168 Å². The average molecular weight is 401 g/mol. The number of fused-ring (bicyclic) bond motifs is 1. The van der Waals surface area contributed by atoms with Crippen molar-refractivity contribution in [2.24, 2.45) is 0 Å². The first kappa shape index (κ1) is 19.5. The number of ether oxygens (including phenoxy) is 1. The summed E-state index contributed by atoms with van der Waals surface area (Å²) < 4.78 is 4.49. The van der Waals surface area contributed by atoms with Crippen molar-refractivity contribution in [3.8, 4) is 5.75 Å². The smallest absolute Gasteiger partial charge is 0.247 e. The Bertz CT molecular complexity index is 883. The van der Waals surface area contributed by atoms with Gasteiger partial charge in [-0.3, -0.25) is 10.0 Å². The minimum absolute atomic E-state index is 0.0364. The molecule has 4 aliphatic rings. The number of Topliss-reactive ketones (excluding diaryl/α,β-unsaturated/α-hetero) is 1. The van der Waals surface area contributed by atoms with E-state index in [9.17, 15) is 20.3 Å². The van der Waals surface area contributed by atoms with Gasteiger partial charge in [-0.25, -0.2) is 0 Å². The summed E-state index contributed by atoms with van der Waals surface area (Å²) in [5, 5.41) is 33.4. The molecule has 0 aromatic heterocycles. The topological polar surface area (TPSA) is 96.7 Å². The van der Waals surface area contributed by atoms with Crippen LogP contribution < -0.4 is 4.74 Å². The summed E-state index contributed by atoms with van der Waals surface area (Å²) in [7, 11) is 1.55. The van der Waals surface area contributed by atoms with Crippen LogP contribution in [-0.4, -0.2) is 73.0 Å². The van der Waals surface area contributed by atoms with Crippen molar-refractivity contribution < 1.29 is 29.8 Å². The summed E-state index contributed by atoms with van der Waals surface area (Å²) in [5.41, 5.74) is -0.905. The first-order valence-corrected chi connectivity index (χ1v) is 9.48. The summed E-state index contributed by atoms with van der Waals surface area (Å²) in [4.78, 5) is 15.4. The Morgan fingerprint density at radius 1 is 1.24 bits per heavy atom. The summed E-state index contributed by atoms with van der Waals surface area (Å²) >= 11 is 0. The Hall–Kier alpha value is -2.85. The maximum Gasteiger partial charge on any atom is 0.247 e. The number of benzene rings is 1. The highest BCUT2D eigenvalue weighted by Crippen LogP contribution is 2.50. The minimum Gasteiger partial charge on any atom is -0.497 e. The van der Waals surface area contributed by atoms with Crippen LogP contribution in [0.1, 0.15) is 23.7 Å². The molecule has 2 unspecified atom stereocenters. The van der Waals surface area contributed by atoms with Gasteiger partial charge in [0.05, 0.1) is 13.7 Å². The third kappa shape index (κ3) is 2.66. The number of carbonyl (C=O) groups excluding carboxylic acids is 1. The van der Waals surface area contributed by atoms with E-state index in [1.54, 1.807) is 60.8 Å². The van der Waals surface area contributed by atoms with Gasteiger partial charge >= 0.3 is 0 Å². The second-order valence-electron chi connectivity index (χ2n) is 7.21. The number of quaternary nitrogens is 1. The zero-order valence-electron chi connectivity index (χ0n) is 16.3. The molecule has 0 saturated carbocycles. The van der Waals surface area contributed by atoms with Crippen LogP contribution in [0.15, 0.2) is 60.8 Å². The largest absolute Gasteiger partial charge is 0.497 e. The second-order valence-corrected chi connectivity index (χ2v) is 7.21. The first-order valence-electron chi connectivity index (χ1n) is 9.48. The summed E-state index contributed by atoms with van der Waals surface area (Å²) in [6.45, 7) is 2.20. The molecular formula is C20H25N4O5+. The highest BCUT2D eigenvalue weighted by atomic mass is 16.7. The van der Waals surface area contributed by atoms with Crippen LogP contribution in [0, 0.1) is 0 Å². The van der Waals surface area contributed by atoms with Gasteiger partial charge in [-0.2, -0.15) is 10.3 Å². The quantitative estimate of drug-likeness (QED) is 0.469. The lowest BCUT2D eigenvalue weighted by atomic mass is 9.86. The van der Waals surface area contributed by atoms with Crippen LogP contribution in [0.4, 0.5) is 0 Å². The molecule has 154 valence electrons. The van der Waals surface area contributed by atoms with E-state index >= 15 is 0 Å². The Balaban J connectivity index is 1.76. The first-order chi connectivity index (χ1) is 13.9. The molecule has 2 bridgehead atoms. The normalized spacial score (nSPS) is 26.4. The van der Waals surface area contributed by atoms with Crippen LogP contribution in [0.25, 0.3) is 0 Å². The molecule has 9 nitrogen and oxygen atoms in total. The van der Waals surface area contributed by atoms with Gasteiger partial charge in [0.15, 0.2) is 5.54 Å². The molecule has 0 spiro atoms. The number of methoxy groups -OCH3 is 1. The predicted molar refractivity (Wildman–Crippen MR) is 102 cm³/mol. The van der Waals surface area contributed by atoms with Gasteiger partial charge in [0, 0.05) is 30.9 Å². The minimum atomic E-state index is -1.34. The fraction of sp³-hybridized carbons (Fsp3) is 0.350. The number of carbonyl (C=O) groups is 1. The molecule has 4 aliphatic heterocycles. The molecule has 1 aromatic carbocycles. The molecule has 29 heavy (non-hydrogen) atoms. The number of hydrogen-bond donors (Lipinski definition) is 3. The molecule has 1 saturated heterocycles. The maximum atomic E-state index is 13.7. The van der Waals surface area contributed by atoms with E-state index in [0.717, 1.165) is 5.06 Å². The maximum absolute atomic E-state index is 13.7. The number of nitrogens with zero attached hydrogens (tertiary/aromatic N) is 4. The third-order valence-corrected chi connectivity index (χ3v) is 5.63. The molecular weight excluding hydrogens is 376 g/mol.